The molecule has 0 atom stereocenters. The minimum Gasteiger partial charge on any atom is -0.493 e. The van der Waals surface area contributed by atoms with Crippen molar-refractivity contribution in [3.63, 3.8) is 0 Å². The molecule has 1 saturated carbocycles. The minimum atomic E-state index is 0.170. The molecule has 21 heavy (non-hydrogen) atoms. The normalized spacial score (nSPS) is 19.0. The fourth-order valence-electron chi connectivity index (χ4n) is 3.12. The zero-order valence-electron chi connectivity index (χ0n) is 13.8. The molecule has 0 aromatic heterocycles. The molecule has 2 heteroatoms. The molecule has 0 spiro atoms. The summed E-state index contributed by atoms with van der Waals surface area (Å²) in [4.78, 5) is 0. The molecule has 0 amide bonds. The summed E-state index contributed by atoms with van der Waals surface area (Å²) in [5.74, 6) is 1.94. The van der Waals surface area contributed by atoms with Crippen LogP contribution in [0.5, 0.6) is 5.75 Å². The largest absolute Gasteiger partial charge is 0.493 e. The van der Waals surface area contributed by atoms with Crippen LogP contribution < -0.4 is 4.74 Å². The van der Waals surface area contributed by atoms with Gasteiger partial charge in [0.2, 0.25) is 0 Å². The highest BCUT2D eigenvalue weighted by molar-refractivity contribution is 7.80. The average Bonchev–Trinajstić information content (AvgIpc) is 2.71. The number of rotatable bonds is 4. The van der Waals surface area contributed by atoms with Gasteiger partial charge in [-0.25, -0.2) is 0 Å². The van der Waals surface area contributed by atoms with Gasteiger partial charge in [0.25, 0.3) is 0 Å². The van der Waals surface area contributed by atoms with Crippen molar-refractivity contribution in [1.29, 1.82) is 0 Å². The third kappa shape index (κ3) is 4.67. The Bertz CT molecular complexity index is 439. The van der Waals surface area contributed by atoms with E-state index in [0.29, 0.717) is 0 Å². The molecule has 0 bridgehead atoms. The topological polar surface area (TPSA) is 9.23 Å². The van der Waals surface area contributed by atoms with E-state index in [-0.39, 0.29) is 10.8 Å². The summed E-state index contributed by atoms with van der Waals surface area (Å²) in [6.45, 7) is 7.54. The van der Waals surface area contributed by atoms with Crippen molar-refractivity contribution in [2.24, 2.45) is 5.41 Å². The second-order valence-electron chi connectivity index (χ2n) is 7.64. The number of hydrogen-bond donors (Lipinski definition) is 1. The van der Waals surface area contributed by atoms with Gasteiger partial charge in [-0.15, -0.1) is 0 Å². The quantitative estimate of drug-likeness (QED) is 0.560. The van der Waals surface area contributed by atoms with Crippen LogP contribution in [-0.4, -0.2) is 12.4 Å². The SMILES string of the molecule is CC(C)(C)c1cccc(OCC2(CS)CCCCCC2)c1. The van der Waals surface area contributed by atoms with Crippen LogP contribution in [0.2, 0.25) is 0 Å². The van der Waals surface area contributed by atoms with Gasteiger partial charge in [0.1, 0.15) is 5.75 Å². The lowest BCUT2D eigenvalue weighted by atomic mass is 9.83. The van der Waals surface area contributed by atoms with Crippen LogP contribution >= 0.6 is 12.6 Å². The summed E-state index contributed by atoms with van der Waals surface area (Å²) in [5.41, 5.74) is 1.78. The van der Waals surface area contributed by atoms with E-state index in [4.69, 9.17) is 4.74 Å². The Balaban J connectivity index is 2.04. The Labute approximate surface area is 135 Å². The van der Waals surface area contributed by atoms with Crippen LogP contribution in [0.4, 0.5) is 0 Å². The molecule has 118 valence electrons. The van der Waals surface area contributed by atoms with Crippen LogP contribution in [0.25, 0.3) is 0 Å². The van der Waals surface area contributed by atoms with E-state index < -0.39 is 0 Å². The van der Waals surface area contributed by atoms with Crippen molar-refractivity contribution in [3.8, 4) is 5.75 Å². The number of thiol groups is 1. The maximum Gasteiger partial charge on any atom is 0.119 e. The van der Waals surface area contributed by atoms with E-state index in [2.05, 4.69) is 57.7 Å². The second kappa shape index (κ2) is 7.09. The lowest BCUT2D eigenvalue weighted by molar-refractivity contribution is 0.148. The van der Waals surface area contributed by atoms with Crippen molar-refractivity contribution >= 4 is 12.6 Å². The zero-order valence-corrected chi connectivity index (χ0v) is 14.7. The molecule has 0 aliphatic heterocycles. The number of benzene rings is 1. The van der Waals surface area contributed by atoms with Gasteiger partial charge in [-0.05, 0) is 41.7 Å². The maximum absolute atomic E-state index is 6.18. The van der Waals surface area contributed by atoms with Crippen LogP contribution in [0.15, 0.2) is 24.3 Å². The summed E-state index contributed by atoms with van der Waals surface area (Å²) < 4.78 is 6.18. The Morgan fingerprint density at radius 3 is 2.33 bits per heavy atom. The van der Waals surface area contributed by atoms with Gasteiger partial charge in [0, 0.05) is 5.41 Å². The first-order chi connectivity index (χ1) is 9.95. The van der Waals surface area contributed by atoms with Crippen molar-refractivity contribution in [2.75, 3.05) is 12.4 Å². The monoisotopic (exact) mass is 306 g/mol. The molecule has 1 fully saturated rings. The standard InChI is InChI=1S/C19H30OS/c1-18(2,3)16-9-8-10-17(13-16)20-14-19(15-21)11-6-4-5-7-12-19/h8-10,13,21H,4-7,11-12,14-15H2,1-3H3. The summed E-state index contributed by atoms with van der Waals surface area (Å²) >= 11 is 4.63. The summed E-state index contributed by atoms with van der Waals surface area (Å²) in [7, 11) is 0. The lowest BCUT2D eigenvalue weighted by Gasteiger charge is -2.31. The maximum atomic E-state index is 6.18. The minimum absolute atomic E-state index is 0.170. The number of ether oxygens (including phenoxy) is 1. The first-order valence-electron chi connectivity index (χ1n) is 8.29. The molecular weight excluding hydrogens is 276 g/mol. The van der Waals surface area contributed by atoms with Crippen molar-refractivity contribution < 1.29 is 4.74 Å². The van der Waals surface area contributed by atoms with Gasteiger partial charge in [-0.3, -0.25) is 0 Å². The first-order valence-corrected chi connectivity index (χ1v) is 8.93. The van der Waals surface area contributed by atoms with E-state index in [1.165, 1.54) is 44.1 Å². The Morgan fingerprint density at radius 2 is 1.76 bits per heavy atom. The van der Waals surface area contributed by atoms with Crippen LogP contribution in [0.1, 0.15) is 64.9 Å². The predicted molar refractivity (Wildman–Crippen MR) is 94.6 cm³/mol. The van der Waals surface area contributed by atoms with E-state index >= 15 is 0 Å². The van der Waals surface area contributed by atoms with Crippen molar-refractivity contribution in [1.82, 2.24) is 0 Å². The molecule has 1 nitrogen and oxygen atoms in total. The van der Waals surface area contributed by atoms with Gasteiger partial charge in [-0.2, -0.15) is 12.6 Å². The van der Waals surface area contributed by atoms with Gasteiger partial charge in [0.05, 0.1) is 6.61 Å². The first kappa shape index (κ1) is 16.7. The lowest BCUT2D eigenvalue weighted by Crippen LogP contribution is -2.30. The summed E-state index contributed by atoms with van der Waals surface area (Å²) in [6.07, 6.45) is 7.91. The van der Waals surface area contributed by atoms with Gasteiger partial charge < -0.3 is 4.74 Å². The van der Waals surface area contributed by atoms with Gasteiger partial charge >= 0.3 is 0 Å². The second-order valence-corrected chi connectivity index (χ2v) is 7.96. The molecule has 0 saturated heterocycles. The van der Waals surface area contributed by atoms with E-state index in [0.717, 1.165) is 18.1 Å². The molecule has 0 radical (unpaired) electrons. The molecular formula is C19H30OS. The molecule has 0 unspecified atom stereocenters. The molecule has 1 aliphatic carbocycles. The smallest absolute Gasteiger partial charge is 0.119 e. The van der Waals surface area contributed by atoms with Gasteiger partial charge in [-0.1, -0.05) is 58.6 Å². The predicted octanol–water partition coefficient (Wildman–Crippen LogP) is 5.63. The van der Waals surface area contributed by atoms with E-state index in [1.807, 2.05) is 0 Å². The Kier molecular flexibility index (Phi) is 5.65. The van der Waals surface area contributed by atoms with Gasteiger partial charge in [0.15, 0.2) is 0 Å². The average molecular weight is 307 g/mol. The highest BCUT2D eigenvalue weighted by Crippen LogP contribution is 2.37. The highest BCUT2D eigenvalue weighted by atomic mass is 32.1. The molecule has 2 rings (SSSR count). The highest BCUT2D eigenvalue weighted by Gasteiger charge is 2.30. The molecule has 1 aliphatic rings. The van der Waals surface area contributed by atoms with Crippen LogP contribution in [0, 0.1) is 5.41 Å². The van der Waals surface area contributed by atoms with E-state index in [9.17, 15) is 0 Å². The fraction of sp³-hybridized carbons (Fsp3) is 0.684. The molecule has 1 aromatic carbocycles. The number of hydrogen-bond acceptors (Lipinski definition) is 2. The van der Waals surface area contributed by atoms with Crippen molar-refractivity contribution in [2.45, 2.75) is 64.7 Å². The molecule has 0 heterocycles. The zero-order chi connectivity index (χ0) is 15.3. The fourth-order valence-corrected chi connectivity index (χ4v) is 3.52. The van der Waals surface area contributed by atoms with Crippen LogP contribution in [-0.2, 0) is 5.41 Å². The summed E-state index contributed by atoms with van der Waals surface area (Å²) in [6, 6.07) is 8.57. The Morgan fingerprint density at radius 1 is 1.10 bits per heavy atom. The molecule has 1 aromatic rings. The summed E-state index contributed by atoms with van der Waals surface area (Å²) in [5, 5.41) is 0. The molecule has 0 N–H and O–H groups in total. The Hall–Kier alpha value is -0.630. The van der Waals surface area contributed by atoms with Crippen LogP contribution in [0.3, 0.4) is 0 Å². The van der Waals surface area contributed by atoms with Crippen molar-refractivity contribution in [3.05, 3.63) is 29.8 Å². The third-order valence-corrected chi connectivity index (χ3v) is 5.42. The van der Waals surface area contributed by atoms with E-state index in [1.54, 1.807) is 0 Å². The third-order valence-electron chi connectivity index (χ3n) is 4.74.